The van der Waals surface area contributed by atoms with Crippen molar-refractivity contribution in [1.82, 2.24) is 29.6 Å². The van der Waals surface area contributed by atoms with Gasteiger partial charge in [0, 0.05) is 31.7 Å². The molecule has 0 spiro atoms. The standard InChI is InChI=1S/C21H24N6O4S/c28-18(25-4-8-30-9-5-25)13-15-2-1-3-16(12-15)20-24-27-17(22-23-21(27)32-20)14-19(29)26-6-10-31-11-7-26/h1-3,12H,4-11,13-14H2. The van der Waals surface area contributed by atoms with E-state index in [1.165, 1.54) is 11.3 Å². The molecule has 3 aromatic rings. The van der Waals surface area contributed by atoms with Gasteiger partial charge in [-0.25, -0.2) is 0 Å². The third-order valence-electron chi connectivity index (χ3n) is 5.62. The summed E-state index contributed by atoms with van der Waals surface area (Å²) >= 11 is 1.41. The van der Waals surface area contributed by atoms with Crippen molar-refractivity contribution in [3.8, 4) is 10.6 Å². The first-order valence-electron chi connectivity index (χ1n) is 10.7. The van der Waals surface area contributed by atoms with Crippen molar-refractivity contribution < 1.29 is 19.1 Å². The third kappa shape index (κ3) is 4.50. The summed E-state index contributed by atoms with van der Waals surface area (Å²) in [4.78, 5) is 29.4. The number of amides is 2. The van der Waals surface area contributed by atoms with Crippen LogP contribution in [0.25, 0.3) is 15.5 Å². The van der Waals surface area contributed by atoms with Gasteiger partial charge in [0.2, 0.25) is 16.8 Å². The van der Waals surface area contributed by atoms with Crippen molar-refractivity contribution in [2.24, 2.45) is 0 Å². The van der Waals surface area contributed by atoms with Gasteiger partial charge in [-0.15, -0.1) is 10.2 Å². The topological polar surface area (TPSA) is 102 Å². The molecule has 11 heteroatoms. The molecule has 2 amide bonds. The molecule has 0 atom stereocenters. The first-order valence-corrected chi connectivity index (χ1v) is 11.5. The zero-order chi connectivity index (χ0) is 21.9. The molecule has 0 N–H and O–H groups in total. The quantitative estimate of drug-likeness (QED) is 0.556. The number of ether oxygens (including phenoxy) is 2. The molecular formula is C21H24N6O4S. The van der Waals surface area contributed by atoms with Crippen molar-refractivity contribution in [1.29, 1.82) is 0 Å². The molecule has 0 bridgehead atoms. The molecule has 0 unspecified atom stereocenters. The summed E-state index contributed by atoms with van der Waals surface area (Å²) in [6.07, 6.45) is 0.496. The van der Waals surface area contributed by atoms with E-state index < -0.39 is 0 Å². The van der Waals surface area contributed by atoms with Crippen LogP contribution in [0.3, 0.4) is 0 Å². The zero-order valence-electron chi connectivity index (χ0n) is 17.6. The Kier molecular flexibility index (Phi) is 6.10. The van der Waals surface area contributed by atoms with E-state index >= 15 is 0 Å². The van der Waals surface area contributed by atoms with Crippen LogP contribution in [0.1, 0.15) is 11.4 Å². The average molecular weight is 457 g/mol. The molecule has 168 valence electrons. The molecule has 2 aromatic heterocycles. The van der Waals surface area contributed by atoms with Crippen LogP contribution in [0, 0.1) is 0 Å². The van der Waals surface area contributed by atoms with E-state index in [1.807, 2.05) is 29.2 Å². The summed E-state index contributed by atoms with van der Waals surface area (Å²) in [5, 5.41) is 13.8. The molecule has 32 heavy (non-hydrogen) atoms. The summed E-state index contributed by atoms with van der Waals surface area (Å²) in [5.74, 6) is 0.630. The molecule has 0 aliphatic carbocycles. The van der Waals surface area contributed by atoms with Gasteiger partial charge in [0.25, 0.3) is 0 Å². The molecule has 2 aliphatic rings. The molecule has 4 heterocycles. The minimum Gasteiger partial charge on any atom is -0.378 e. The Morgan fingerprint density at radius 2 is 1.56 bits per heavy atom. The van der Waals surface area contributed by atoms with Gasteiger partial charge in [-0.2, -0.15) is 9.61 Å². The fourth-order valence-electron chi connectivity index (χ4n) is 3.86. The highest BCUT2D eigenvalue weighted by atomic mass is 32.1. The van der Waals surface area contributed by atoms with Crippen molar-refractivity contribution in [2.75, 3.05) is 52.6 Å². The lowest BCUT2D eigenvalue weighted by Gasteiger charge is -2.26. The van der Waals surface area contributed by atoms with E-state index in [1.54, 1.807) is 9.42 Å². The number of benzene rings is 1. The van der Waals surface area contributed by atoms with E-state index in [2.05, 4.69) is 15.3 Å². The van der Waals surface area contributed by atoms with E-state index in [0.29, 0.717) is 69.8 Å². The van der Waals surface area contributed by atoms with Gasteiger partial charge in [0.1, 0.15) is 5.01 Å². The zero-order valence-corrected chi connectivity index (χ0v) is 18.4. The monoisotopic (exact) mass is 456 g/mol. The van der Waals surface area contributed by atoms with Gasteiger partial charge >= 0.3 is 0 Å². The number of morpholine rings is 2. The van der Waals surface area contributed by atoms with Gasteiger partial charge in [0.05, 0.1) is 39.3 Å². The van der Waals surface area contributed by atoms with Gasteiger partial charge in [-0.3, -0.25) is 9.59 Å². The number of hydrogen-bond donors (Lipinski definition) is 0. The second-order valence-corrected chi connectivity index (χ2v) is 8.71. The van der Waals surface area contributed by atoms with Crippen LogP contribution >= 0.6 is 11.3 Å². The largest absolute Gasteiger partial charge is 0.378 e. The van der Waals surface area contributed by atoms with Gasteiger partial charge in [0.15, 0.2) is 5.82 Å². The Morgan fingerprint density at radius 3 is 2.25 bits per heavy atom. The Bertz CT molecular complexity index is 1120. The Labute approximate surface area is 188 Å². The summed E-state index contributed by atoms with van der Waals surface area (Å²) in [7, 11) is 0. The van der Waals surface area contributed by atoms with Crippen LogP contribution in [0.15, 0.2) is 24.3 Å². The molecule has 2 aliphatic heterocycles. The van der Waals surface area contributed by atoms with E-state index in [0.717, 1.165) is 16.1 Å². The van der Waals surface area contributed by atoms with E-state index in [4.69, 9.17) is 9.47 Å². The number of rotatable bonds is 5. The number of fused-ring (bicyclic) bond motifs is 1. The van der Waals surface area contributed by atoms with Crippen molar-refractivity contribution in [3.05, 3.63) is 35.7 Å². The first kappa shape index (κ1) is 21.0. The number of aromatic nitrogens is 4. The second-order valence-electron chi connectivity index (χ2n) is 7.76. The van der Waals surface area contributed by atoms with E-state index in [9.17, 15) is 9.59 Å². The summed E-state index contributed by atoms with van der Waals surface area (Å²) in [6, 6.07) is 7.84. The Hall–Kier alpha value is -2.89. The maximum Gasteiger partial charge on any atom is 0.234 e. The smallest absolute Gasteiger partial charge is 0.234 e. The highest BCUT2D eigenvalue weighted by Crippen LogP contribution is 2.26. The lowest BCUT2D eigenvalue weighted by Crippen LogP contribution is -2.41. The molecular weight excluding hydrogens is 432 g/mol. The highest BCUT2D eigenvalue weighted by Gasteiger charge is 2.22. The predicted octanol–water partition coefficient (Wildman–Crippen LogP) is 0.655. The van der Waals surface area contributed by atoms with Crippen LogP contribution < -0.4 is 0 Å². The van der Waals surface area contributed by atoms with Crippen molar-refractivity contribution >= 4 is 28.1 Å². The Balaban J connectivity index is 1.31. The SMILES string of the molecule is O=C(Cc1cccc(-c2nn3c(CC(=O)N4CCOCC4)nnc3s2)c1)N1CCOCC1. The number of hydrogen-bond acceptors (Lipinski definition) is 8. The molecule has 0 saturated carbocycles. The predicted molar refractivity (Wildman–Crippen MR) is 116 cm³/mol. The minimum absolute atomic E-state index is 0.000715. The highest BCUT2D eigenvalue weighted by molar-refractivity contribution is 7.19. The molecule has 0 radical (unpaired) electrons. The fourth-order valence-corrected chi connectivity index (χ4v) is 4.71. The lowest BCUT2D eigenvalue weighted by atomic mass is 10.1. The normalized spacial score (nSPS) is 17.1. The average Bonchev–Trinajstić information content (AvgIpc) is 3.42. The Morgan fingerprint density at radius 1 is 0.906 bits per heavy atom. The minimum atomic E-state index is 0.000715. The maximum absolute atomic E-state index is 12.6. The van der Waals surface area contributed by atoms with E-state index in [-0.39, 0.29) is 18.2 Å². The van der Waals surface area contributed by atoms with Crippen LogP contribution in [-0.2, 0) is 31.9 Å². The molecule has 2 fully saturated rings. The maximum atomic E-state index is 12.6. The van der Waals surface area contributed by atoms with Gasteiger partial charge in [-0.1, -0.05) is 29.5 Å². The number of carbonyl (C=O) groups excluding carboxylic acids is 2. The van der Waals surface area contributed by atoms with Crippen molar-refractivity contribution in [3.63, 3.8) is 0 Å². The summed E-state index contributed by atoms with van der Waals surface area (Å²) < 4.78 is 12.3. The third-order valence-corrected chi connectivity index (χ3v) is 6.57. The van der Waals surface area contributed by atoms with Crippen LogP contribution in [0.2, 0.25) is 0 Å². The second kappa shape index (κ2) is 9.31. The molecule has 1 aromatic carbocycles. The van der Waals surface area contributed by atoms with Crippen LogP contribution in [0.4, 0.5) is 0 Å². The van der Waals surface area contributed by atoms with Gasteiger partial charge < -0.3 is 19.3 Å². The molecule has 2 saturated heterocycles. The van der Waals surface area contributed by atoms with Crippen LogP contribution in [0.5, 0.6) is 0 Å². The van der Waals surface area contributed by atoms with Crippen molar-refractivity contribution in [2.45, 2.75) is 12.8 Å². The van der Waals surface area contributed by atoms with Crippen LogP contribution in [-0.4, -0.2) is 94.0 Å². The summed E-state index contributed by atoms with van der Waals surface area (Å²) in [5.41, 5.74) is 1.85. The summed E-state index contributed by atoms with van der Waals surface area (Å²) in [6.45, 7) is 4.78. The lowest BCUT2D eigenvalue weighted by molar-refractivity contribution is -0.135. The molecule has 5 rings (SSSR count). The van der Waals surface area contributed by atoms with Gasteiger partial charge in [-0.05, 0) is 11.6 Å². The molecule has 10 nitrogen and oxygen atoms in total. The number of nitrogens with zero attached hydrogens (tertiary/aromatic N) is 6. The number of carbonyl (C=O) groups is 2. The first-order chi connectivity index (χ1) is 15.7. The fraction of sp³-hybridized carbons (Fsp3) is 0.476.